The Labute approximate surface area is 167 Å². The Morgan fingerprint density at radius 1 is 0.889 bits per heavy atom. The first-order valence-corrected chi connectivity index (χ1v) is 10.1. The zero-order chi connectivity index (χ0) is 18.8. The molecule has 0 aromatic heterocycles. The van der Waals surface area contributed by atoms with Crippen LogP contribution in [0.3, 0.4) is 0 Å². The minimum atomic E-state index is -0.246. The van der Waals surface area contributed by atoms with Crippen molar-refractivity contribution in [3.05, 3.63) is 59.1 Å². The average molecular weight is 428 g/mol. The minimum Gasteiger partial charge on any atom is -0.368 e. The Morgan fingerprint density at radius 2 is 1.56 bits per heavy atom. The molecule has 140 valence electrons. The van der Waals surface area contributed by atoms with Gasteiger partial charge >= 0.3 is 0 Å². The molecular weight excluding hydrogens is 406 g/mol. The number of anilines is 2. The van der Waals surface area contributed by atoms with Crippen molar-refractivity contribution in [2.24, 2.45) is 5.92 Å². The first-order valence-electron chi connectivity index (χ1n) is 9.26. The third-order valence-corrected chi connectivity index (χ3v) is 5.85. The van der Waals surface area contributed by atoms with Gasteiger partial charge in [0.2, 0.25) is 11.8 Å². The van der Waals surface area contributed by atoms with Crippen molar-refractivity contribution in [3.63, 3.8) is 0 Å². The summed E-state index contributed by atoms with van der Waals surface area (Å²) in [5.74, 6) is -0.112. The Morgan fingerprint density at radius 3 is 2.22 bits per heavy atom. The lowest BCUT2D eigenvalue weighted by Crippen LogP contribution is -2.50. The summed E-state index contributed by atoms with van der Waals surface area (Å²) in [5.41, 5.74) is 2.05. The second kappa shape index (κ2) is 7.72. The molecule has 2 saturated heterocycles. The van der Waals surface area contributed by atoms with Gasteiger partial charge in [-0.05, 0) is 36.4 Å². The summed E-state index contributed by atoms with van der Waals surface area (Å²) in [6, 6.07) is 17.9. The van der Waals surface area contributed by atoms with E-state index in [1.54, 1.807) is 4.90 Å². The first-order chi connectivity index (χ1) is 13.1. The second-order valence-electron chi connectivity index (χ2n) is 7.03. The molecule has 2 aromatic rings. The second-order valence-corrected chi connectivity index (χ2v) is 7.95. The van der Waals surface area contributed by atoms with E-state index in [9.17, 15) is 9.59 Å². The molecule has 0 spiro atoms. The van der Waals surface area contributed by atoms with E-state index in [-0.39, 0.29) is 17.7 Å². The van der Waals surface area contributed by atoms with Gasteiger partial charge < -0.3 is 14.7 Å². The highest BCUT2D eigenvalue weighted by Crippen LogP contribution is 2.28. The fraction of sp³-hybridized carbons (Fsp3) is 0.333. The summed E-state index contributed by atoms with van der Waals surface area (Å²) in [7, 11) is 0. The molecule has 6 heteroatoms. The number of hydrogen-bond donors (Lipinski definition) is 0. The van der Waals surface area contributed by atoms with E-state index in [4.69, 9.17) is 0 Å². The number of carbonyl (C=O) groups excluding carboxylic acids is 2. The quantitative estimate of drug-likeness (QED) is 0.755. The van der Waals surface area contributed by atoms with Gasteiger partial charge in [0.15, 0.2) is 0 Å². The van der Waals surface area contributed by atoms with Crippen LogP contribution in [0.4, 0.5) is 11.4 Å². The molecule has 2 aliphatic heterocycles. The molecule has 4 rings (SSSR count). The molecule has 0 radical (unpaired) electrons. The van der Waals surface area contributed by atoms with Gasteiger partial charge in [-0.2, -0.15) is 0 Å². The van der Waals surface area contributed by atoms with Gasteiger partial charge in [0.05, 0.1) is 5.92 Å². The molecule has 2 amide bonds. The summed E-state index contributed by atoms with van der Waals surface area (Å²) in [5, 5.41) is 0. The molecule has 2 fully saturated rings. The monoisotopic (exact) mass is 427 g/mol. The smallest absolute Gasteiger partial charge is 0.228 e. The van der Waals surface area contributed by atoms with Crippen LogP contribution in [0.15, 0.2) is 59.1 Å². The number of nitrogens with zero attached hydrogens (tertiary/aromatic N) is 3. The molecular formula is C21H22BrN3O2. The van der Waals surface area contributed by atoms with Crippen molar-refractivity contribution in [1.82, 2.24) is 4.90 Å². The van der Waals surface area contributed by atoms with E-state index >= 15 is 0 Å². The number of amides is 2. The maximum atomic E-state index is 12.9. The summed E-state index contributed by atoms with van der Waals surface area (Å²) in [6.45, 7) is 3.53. The van der Waals surface area contributed by atoms with Gasteiger partial charge in [-0.1, -0.05) is 34.1 Å². The van der Waals surface area contributed by atoms with Crippen molar-refractivity contribution >= 4 is 39.1 Å². The van der Waals surface area contributed by atoms with E-state index in [2.05, 4.69) is 33.0 Å². The lowest BCUT2D eigenvalue weighted by Gasteiger charge is -2.37. The lowest BCUT2D eigenvalue weighted by molar-refractivity contribution is -0.136. The number of piperazine rings is 1. The highest BCUT2D eigenvalue weighted by Gasteiger charge is 2.37. The van der Waals surface area contributed by atoms with Crippen LogP contribution in [0.5, 0.6) is 0 Å². The van der Waals surface area contributed by atoms with Crippen molar-refractivity contribution in [1.29, 1.82) is 0 Å². The maximum absolute atomic E-state index is 12.9. The van der Waals surface area contributed by atoms with Crippen LogP contribution in [0.2, 0.25) is 0 Å². The third kappa shape index (κ3) is 3.86. The topological polar surface area (TPSA) is 43.9 Å². The van der Waals surface area contributed by atoms with E-state index < -0.39 is 0 Å². The van der Waals surface area contributed by atoms with Crippen molar-refractivity contribution < 1.29 is 9.59 Å². The van der Waals surface area contributed by atoms with Crippen molar-refractivity contribution in [2.75, 3.05) is 42.5 Å². The maximum Gasteiger partial charge on any atom is 0.228 e. The lowest BCUT2D eigenvalue weighted by atomic mass is 10.1. The molecule has 2 aromatic carbocycles. The SMILES string of the molecule is O=C([C@@H]1CC(=O)N(c2ccc(Br)cc2)C1)N1CCN(c2ccccc2)CC1. The predicted molar refractivity (Wildman–Crippen MR) is 110 cm³/mol. The Balaban J connectivity index is 1.36. The van der Waals surface area contributed by atoms with Crippen LogP contribution in [-0.4, -0.2) is 49.4 Å². The van der Waals surface area contributed by atoms with Gasteiger partial charge in [-0.15, -0.1) is 0 Å². The van der Waals surface area contributed by atoms with Gasteiger partial charge in [0.1, 0.15) is 0 Å². The molecule has 0 N–H and O–H groups in total. The van der Waals surface area contributed by atoms with E-state index in [0.29, 0.717) is 26.1 Å². The summed E-state index contributed by atoms with van der Waals surface area (Å²) in [6.07, 6.45) is 0.299. The Bertz CT molecular complexity index is 817. The zero-order valence-electron chi connectivity index (χ0n) is 15.1. The van der Waals surface area contributed by atoms with Crippen LogP contribution < -0.4 is 9.80 Å². The van der Waals surface area contributed by atoms with Crippen LogP contribution in [0, 0.1) is 5.92 Å². The Kier molecular flexibility index (Phi) is 5.16. The van der Waals surface area contributed by atoms with Crippen LogP contribution >= 0.6 is 15.9 Å². The molecule has 2 heterocycles. The molecule has 27 heavy (non-hydrogen) atoms. The molecule has 0 bridgehead atoms. The standard InChI is InChI=1S/C21H22BrN3O2/c22-17-6-8-19(9-7-17)25-15-16(14-20(25)26)21(27)24-12-10-23(11-13-24)18-4-2-1-3-5-18/h1-9,16H,10-15H2/t16-/m1/s1. The van der Waals surface area contributed by atoms with Crippen molar-refractivity contribution in [2.45, 2.75) is 6.42 Å². The number of rotatable bonds is 3. The fourth-order valence-electron chi connectivity index (χ4n) is 3.83. The molecule has 5 nitrogen and oxygen atoms in total. The fourth-order valence-corrected chi connectivity index (χ4v) is 4.09. The highest BCUT2D eigenvalue weighted by atomic mass is 79.9. The van der Waals surface area contributed by atoms with Gasteiger partial charge in [0, 0.05) is 55.0 Å². The predicted octanol–water partition coefficient (Wildman–Crippen LogP) is 3.15. The first kappa shape index (κ1) is 18.0. The normalized spacial score (nSPS) is 20.3. The van der Waals surface area contributed by atoms with E-state index in [1.807, 2.05) is 47.4 Å². The minimum absolute atomic E-state index is 0.0265. The Hall–Kier alpha value is -2.34. The summed E-state index contributed by atoms with van der Waals surface area (Å²) >= 11 is 3.41. The molecule has 0 aliphatic carbocycles. The highest BCUT2D eigenvalue weighted by molar-refractivity contribution is 9.10. The number of halogens is 1. The molecule has 2 aliphatic rings. The van der Waals surface area contributed by atoms with Crippen molar-refractivity contribution in [3.8, 4) is 0 Å². The number of hydrogen-bond acceptors (Lipinski definition) is 3. The number of para-hydroxylation sites is 1. The van der Waals surface area contributed by atoms with Gasteiger partial charge in [0.25, 0.3) is 0 Å². The number of benzene rings is 2. The number of carbonyl (C=O) groups is 2. The third-order valence-electron chi connectivity index (χ3n) is 5.33. The zero-order valence-corrected chi connectivity index (χ0v) is 16.6. The average Bonchev–Trinajstić information content (AvgIpc) is 3.10. The van der Waals surface area contributed by atoms with Gasteiger partial charge in [-0.3, -0.25) is 9.59 Å². The largest absolute Gasteiger partial charge is 0.368 e. The summed E-state index contributed by atoms with van der Waals surface area (Å²) in [4.78, 5) is 31.3. The van der Waals surface area contributed by atoms with Crippen LogP contribution in [0.1, 0.15) is 6.42 Å². The molecule has 0 unspecified atom stereocenters. The van der Waals surface area contributed by atoms with E-state index in [0.717, 1.165) is 23.2 Å². The summed E-state index contributed by atoms with van der Waals surface area (Å²) < 4.78 is 0.974. The van der Waals surface area contributed by atoms with Crippen LogP contribution in [0.25, 0.3) is 0 Å². The van der Waals surface area contributed by atoms with Gasteiger partial charge in [-0.25, -0.2) is 0 Å². The van der Waals surface area contributed by atoms with Crippen LogP contribution in [-0.2, 0) is 9.59 Å². The molecule has 0 saturated carbocycles. The van der Waals surface area contributed by atoms with E-state index in [1.165, 1.54) is 5.69 Å². The molecule has 1 atom stereocenters.